The van der Waals surface area contributed by atoms with Crippen LogP contribution in [0.3, 0.4) is 0 Å². The second-order valence-electron chi connectivity index (χ2n) is 8.93. The smallest absolute Gasteiger partial charge is 0.242 e. The first-order chi connectivity index (χ1) is 15.8. The Morgan fingerprint density at radius 1 is 1.27 bits per heavy atom. The lowest BCUT2D eigenvalue weighted by Gasteiger charge is -2.55. The lowest BCUT2D eigenvalue weighted by atomic mass is 9.63. The van der Waals surface area contributed by atoms with E-state index in [2.05, 4.69) is 15.5 Å². The number of morpholine rings is 1. The van der Waals surface area contributed by atoms with Crippen molar-refractivity contribution in [1.82, 2.24) is 20.0 Å². The molecule has 4 atom stereocenters. The van der Waals surface area contributed by atoms with Gasteiger partial charge in [0.1, 0.15) is 11.7 Å². The van der Waals surface area contributed by atoms with Crippen LogP contribution in [0.15, 0.2) is 29.3 Å². The molecule has 3 aliphatic rings. The average Bonchev–Trinajstić information content (AvgIpc) is 3.41. The van der Waals surface area contributed by atoms with E-state index in [0.29, 0.717) is 16.8 Å². The molecule has 0 bridgehead atoms. The van der Waals surface area contributed by atoms with E-state index >= 15 is 4.39 Å². The van der Waals surface area contributed by atoms with E-state index in [0.717, 1.165) is 0 Å². The van der Waals surface area contributed by atoms with Crippen LogP contribution in [-0.2, 0) is 25.5 Å². The number of imidazole rings is 1. The number of halogens is 1. The number of hydrogen-bond donors (Lipinski definition) is 1. The predicted molar refractivity (Wildman–Crippen MR) is 111 cm³/mol. The van der Waals surface area contributed by atoms with Gasteiger partial charge >= 0.3 is 0 Å². The van der Waals surface area contributed by atoms with E-state index in [1.165, 1.54) is 6.33 Å². The van der Waals surface area contributed by atoms with Crippen LogP contribution in [0.25, 0.3) is 16.8 Å². The van der Waals surface area contributed by atoms with Crippen LogP contribution >= 0.6 is 0 Å². The van der Waals surface area contributed by atoms with Gasteiger partial charge in [-0.25, -0.2) is 9.37 Å². The summed E-state index contributed by atoms with van der Waals surface area (Å²) < 4.78 is 28.9. The number of carbonyl (C=O) groups is 3. The SMILES string of the molecule is C[C@@H]1CN2c3c(cc4c(-n5ccnc5)noc4c3F)CC3(C(=O)CC(=O)NC3=O)[C@H]2[C@H](C)O1. The summed E-state index contributed by atoms with van der Waals surface area (Å²) in [7, 11) is 0. The van der Waals surface area contributed by atoms with Gasteiger partial charge in [-0.2, -0.15) is 0 Å². The molecule has 2 saturated heterocycles. The number of anilines is 1. The summed E-state index contributed by atoms with van der Waals surface area (Å²) in [6, 6.07) is 0.934. The van der Waals surface area contributed by atoms with Gasteiger partial charge in [0.25, 0.3) is 0 Å². The molecular weight excluding hydrogens is 433 g/mol. The minimum Gasteiger partial charge on any atom is -0.372 e. The van der Waals surface area contributed by atoms with Gasteiger partial charge in [-0.05, 0) is 31.9 Å². The maximum absolute atomic E-state index is 16.0. The van der Waals surface area contributed by atoms with Crippen LogP contribution in [0.2, 0.25) is 0 Å². The van der Waals surface area contributed by atoms with Crippen LogP contribution in [0.5, 0.6) is 0 Å². The number of Topliss-reactive ketones (excluding diaryl/α,β-unsaturated/α-hetero) is 1. The molecule has 2 amide bonds. The molecule has 2 aromatic heterocycles. The highest BCUT2D eigenvalue weighted by Crippen LogP contribution is 2.50. The molecule has 0 saturated carbocycles. The second kappa shape index (κ2) is 6.70. The zero-order valence-corrected chi connectivity index (χ0v) is 17.9. The van der Waals surface area contributed by atoms with Gasteiger partial charge in [0.15, 0.2) is 17.4 Å². The quantitative estimate of drug-likeness (QED) is 0.433. The molecule has 11 heteroatoms. The second-order valence-corrected chi connectivity index (χ2v) is 8.93. The fourth-order valence-electron chi connectivity index (χ4n) is 5.70. The minimum absolute atomic E-state index is 0.0199. The minimum atomic E-state index is -1.58. The first-order valence-corrected chi connectivity index (χ1v) is 10.7. The van der Waals surface area contributed by atoms with Crippen LogP contribution in [0.4, 0.5) is 10.1 Å². The first-order valence-electron chi connectivity index (χ1n) is 10.7. The number of fused-ring (bicyclic) bond motifs is 5. The zero-order valence-electron chi connectivity index (χ0n) is 17.9. The highest BCUT2D eigenvalue weighted by molar-refractivity contribution is 6.22. The number of amides is 2. The Balaban J connectivity index is 1.61. The molecule has 0 radical (unpaired) electrons. The molecule has 3 aliphatic heterocycles. The molecule has 6 rings (SSSR count). The Hall–Kier alpha value is -3.60. The van der Waals surface area contributed by atoms with Crippen LogP contribution in [0, 0.1) is 11.2 Å². The molecule has 5 heterocycles. The summed E-state index contributed by atoms with van der Waals surface area (Å²) in [5, 5.41) is 6.75. The van der Waals surface area contributed by atoms with Crippen molar-refractivity contribution in [3.63, 3.8) is 0 Å². The maximum Gasteiger partial charge on any atom is 0.242 e. The molecule has 1 spiro atoms. The number of carbonyl (C=O) groups excluding carboxylic acids is 3. The summed E-state index contributed by atoms with van der Waals surface area (Å²) in [5.74, 6) is -2.05. The Labute approximate surface area is 186 Å². The lowest BCUT2D eigenvalue weighted by molar-refractivity contribution is -0.158. The van der Waals surface area contributed by atoms with Crippen molar-refractivity contribution in [2.24, 2.45) is 5.41 Å². The van der Waals surface area contributed by atoms with Crippen molar-refractivity contribution < 1.29 is 28.0 Å². The average molecular weight is 453 g/mol. The van der Waals surface area contributed by atoms with E-state index in [1.54, 1.807) is 34.9 Å². The van der Waals surface area contributed by atoms with Crippen molar-refractivity contribution in [2.45, 2.75) is 44.9 Å². The van der Waals surface area contributed by atoms with E-state index < -0.39 is 47.4 Å². The maximum atomic E-state index is 16.0. The Kier molecular flexibility index (Phi) is 4.07. The van der Waals surface area contributed by atoms with E-state index in [9.17, 15) is 14.4 Å². The van der Waals surface area contributed by atoms with Gasteiger partial charge in [0.2, 0.25) is 17.4 Å². The van der Waals surface area contributed by atoms with E-state index in [4.69, 9.17) is 9.26 Å². The number of rotatable bonds is 1. The summed E-state index contributed by atoms with van der Waals surface area (Å²) in [6.07, 6.45) is 3.43. The third kappa shape index (κ3) is 2.59. The number of aromatic nitrogens is 3. The van der Waals surface area contributed by atoms with Gasteiger partial charge in [-0.15, -0.1) is 0 Å². The van der Waals surface area contributed by atoms with Gasteiger partial charge in [0, 0.05) is 18.9 Å². The molecule has 2 fully saturated rings. The van der Waals surface area contributed by atoms with Gasteiger partial charge in [0.05, 0.1) is 35.7 Å². The topological polar surface area (TPSA) is 120 Å². The van der Waals surface area contributed by atoms with Gasteiger partial charge in [-0.1, -0.05) is 5.16 Å². The first kappa shape index (κ1) is 20.0. The van der Waals surface area contributed by atoms with E-state index in [-0.39, 0.29) is 30.3 Å². The van der Waals surface area contributed by atoms with Crippen molar-refractivity contribution in [2.75, 3.05) is 11.4 Å². The lowest BCUT2D eigenvalue weighted by Crippen LogP contribution is -2.72. The molecule has 10 nitrogen and oxygen atoms in total. The molecule has 1 unspecified atom stereocenters. The summed E-state index contributed by atoms with van der Waals surface area (Å²) >= 11 is 0. The third-order valence-electron chi connectivity index (χ3n) is 6.91. The molecule has 0 aliphatic carbocycles. The number of piperidine rings is 1. The van der Waals surface area contributed by atoms with Crippen molar-refractivity contribution in [3.05, 3.63) is 36.2 Å². The molecule has 1 aromatic carbocycles. The van der Waals surface area contributed by atoms with Crippen molar-refractivity contribution in [3.8, 4) is 5.82 Å². The number of nitrogens with zero attached hydrogens (tertiary/aromatic N) is 4. The monoisotopic (exact) mass is 453 g/mol. The number of ketones is 1. The molecule has 3 aromatic rings. The number of benzene rings is 1. The number of ether oxygens (including phenoxy) is 1. The Bertz CT molecular complexity index is 1310. The number of hydrogen-bond acceptors (Lipinski definition) is 8. The number of imide groups is 1. The number of nitrogens with one attached hydrogen (secondary N) is 1. The standard InChI is InChI=1S/C22H20FN5O5/c1-10-8-28-17-12(5-13-18(16(17)23)33-26-20(13)27-4-3-24-9-27)7-22(19(28)11(2)32-10)14(29)6-15(30)25-21(22)31/h3-5,9-11,19H,6-8H2,1-2H3,(H,25,30,31)/t10-,11+,19-,22?/m1/s1. The summed E-state index contributed by atoms with van der Waals surface area (Å²) in [6.45, 7) is 3.88. The highest BCUT2D eigenvalue weighted by Gasteiger charge is 2.62. The Morgan fingerprint density at radius 2 is 2.09 bits per heavy atom. The Morgan fingerprint density at radius 3 is 2.82 bits per heavy atom. The molecular formula is C22H20FN5O5. The van der Waals surface area contributed by atoms with Crippen molar-refractivity contribution in [1.29, 1.82) is 0 Å². The largest absolute Gasteiger partial charge is 0.372 e. The fraction of sp³-hybridized carbons (Fsp3) is 0.409. The van der Waals surface area contributed by atoms with Gasteiger partial charge in [-0.3, -0.25) is 24.3 Å². The third-order valence-corrected chi connectivity index (χ3v) is 6.91. The van der Waals surface area contributed by atoms with Gasteiger partial charge < -0.3 is 14.2 Å². The van der Waals surface area contributed by atoms with Crippen LogP contribution in [0.1, 0.15) is 25.8 Å². The fourth-order valence-corrected chi connectivity index (χ4v) is 5.70. The summed E-state index contributed by atoms with van der Waals surface area (Å²) in [4.78, 5) is 44.3. The van der Waals surface area contributed by atoms with Crippen LogP contribution in [-0.4, -0.2) is 57.1 Å². The van der Waals surface area contributed by atoms with Crippen LogP contribution < -0.4 is 10.2 Å². The molecule has 170 valence electrons. The molecule has 33 heavy (non-hydrogen) atoms. The zero-order chi connectivity index (χ0) is 23.1. The predicted octanol–water partition coefficient (Wildman–Crippen LogP) is 1.29. The summed E-state index contributed by atoms with van der Waals surface area (Å²) in [5.41, 5.74) is -0.855. The highest BCUT2D eigenvalue weighted by atomic mass is 19.1. The van der Waals surface area contributed by atoms with E-state index in [1.807, 2.05) is 6.92 Å². The normalized spacial score (nSPS) is 29.4. The molecule has 1 N–H and O–H groups in total. The van der Waals surface area contributed by atoms with Crippen molar-refractivity contribution >= 4 is 34.3 Å².